The minimum atomic E-state index is -1.06. The minimum Gasteiger partial charge on any atom is -0.446 e. The van der Waals surface area contributed by atoms with Crippen LogP contribution in [0.5, 0.6) is 0 Å². The van der Waals surface area contributed by atoms with Gasteiger partial charge in [-0.15, -0.1) is 0 Å². The Morgan fingerprint density at radius 3 is 2.46 bits per heavy atom. The van der Waals surface area contributed by atoms with Crippen molar-refractivity contribution < 1.29 is 14.3 Å². The number of carbonyl (C=O) groups is 2. The molecule has 0 unspecified atom stereocenters. The van der Waals surface area contributed by atoms with Gasteiger partial charge in [0, 0.05) is 56.3 Å². The standard InChI is InChI=1S/C30H36ClN5O3/c1-35(29(38)39-25-5-3-2-4-6-25)30(20-33-19-26(30)22-8-10-24(31)11-9-22)28(37)23-13-15-36(16-14-23)27-12-7-21(17-32)18-34-27/h7-12,18,23,25-26,33H,2-6,13-16,19-20H2,1H3/t26-,30+/m0/s1. The smallest absolute Gasteiger partial charge is 0.410 e. The molecule has 1 aromatic carbocycles. The Labute approximate surface area is 235 Å². The number of Topliss-reactive ketones (excluding diaryl/α,β-unsaturated/α-hetero) is 1. The molecule has 0 radical (unpaired) electrons. The van der Waals surface area contributed by atoms with Gasteiger partial charge < -0.3 is 15.0 Å². The lowest BCUT2D eigenvalue weighted by Gasteiger charge is -2.44. The summed E-state index contributed by atoms with van der Waals surface area (Å²) in [5, 5.41) is 13.1. The molecule has 2 aliphatic heterocycles. The van der Waals surface area contributed by atoms with Crippen LogP contribution in [0.2, 0.25) is 5.02 Å². The van der Waals surface area contributed by atoms with Gasteiger partial charge in [-0.25, -0.2) is 9.78 Å². The topological polar surface area (TPSA) is 98.6 Å². The monoisotopic (exact) mass is 549 g/mol. The van der Waals surface area contributed by atoms with Crippen molar-refractivity contribution in [1.29, 1.82) is 5.26 Å². The first-order valence-electron chi connectivity index (χ1n) is 14.0. The summed E-state index contributed by atoms with van der Waals surface area (Å²) < 4.78 is 5.97. The van der Waals surface area contributed by atoms with Crippen molar-refractivity contribution in [2.24, 2.45) is 5.92 Å². The molecule has 1 saturated carbocycles. The van der Waals surface area contributed by atoms with Crippen molar-refractivity contribution in [2.45, 2.75) is 62.5 Å². The fourth-order valence-corrected chi connectivity index (χ4v) is 6.62. The Hall–Kier alpha value is -3.15. The molecule has 3 aliphatic rings. The van der Waals surface area contributed by atoms with E-state index in [-0.39, 0.29) is 23.7 Å². The summed E-state index contributed by atoms with van der Waals surface area (Å²) in [7, 11) is 1.73. The number of rotatable bonds is 6. The number of piperidine rings is 1. The average Bonchev–Trinajstić information content (AvgIpc) is 3.43. The van der Waals surface area contributed by atoms with E-state index in [1.54, 1.807) is 24.2 Å². The van der Waals surface area contributed by atoms with E-state index in [0.29, 0.717) is 49.6 Å². The predicted molar refractivity (Wildman–Crippen MR) is 150 cm³/mol. The van der Waals surface area contributed by atoms with Gasteiger partial charge in [0.25, 0.3) is 0 Å². The molecule has 2 aromatic rings. The molecule has 1 aromatic heterocycles. The van der Waals surface area contributed by atoms with Gasteiger partial charge >= 0.3 is 6.09 Å². The molecule has 1 amide bonds. The lowest BCUT2D eigenvalue weighted by molar-refractivity contribution is -0.134. The summed E-state index contributed by atoms with van der Waals surface area (Å²) in [5.74, 6) is 0.482. The molecule has 39 heavy (non-hydrogen) atoms. The van der Waals surface area contributed by atoms with E-state index in [0.717, 1.165) is 37.1 Å². The molecule has 3 fully saturated rings. The summed E-state index contributed by atoms with van der Waals surface area (Å²) >= 11 is 6.18. The van der Waals surface area contributed by atoms with E-state index < -0.39 is 11.6 Å². The zero-order valence-electron chi connectivity index (χ0n) is 22.4. The molecule has 8 nitrogen and oxygen atoms in total. The Bertz CT molecular complexity index is 1200. The molecular formula is C30H36ClN5O3. The quantitative estimate of drug-likeness (QED) is 0.546. The molecule has 1 N–H and O–H groups in total. The maximum absolute atomic E-state index is 14.6. The summed E-state index contributed by atoms with van der Waals surface area (Å²) in [6.45, 7) is 2.33. The Morgan fingerprint density at radius 1 is 1.10 bits per heavy atom. The number of nitriles is 1. The SMILES string of the molecule is CN(C(=O)OC1CCCCC1)[C@]1(C(=O)C2CCN(c3ccc(C#N)cn3)CC2)CNC[C@H]1c1ccc(Cl)cc1. The lowest BCUT2D eigenvalue weighted by atomic mass is 9.72. The number of hydrogen-bond donors (Lipinski definition) is 1. The van der Waals surface area contributed by atoms with Crippen LogP contribution in [0.15, 0.2) is 42.6 Å². The average molecular weight is 550 g/mol. The molecular weight excluding hydrogens is 514 g/mol. The van der Waals surface area contributed by atoms with E-state index in [1.807, 2.05) is 30.3 Å². The van der Waals surface area contributed by atoms with Crippen molar-refractivity contribution in [1.82, 2.24) is 15.2 Å². The van der Waals surface area contributed by atoms with Crippen LogP contribution in [0.25, 0.3) is 0 Å². The number of hydrogen-bond acceptors (Lipinski definition) is 7. The second-order valence-electron chi connectivity index (χ2n) is 11.0. The van der Waals surface area contributed by atoms with Gasteiger partial charge in [-0.1, -0.05) is 30.2 Å². The number of aromatic nitrogens is 1. The number of nitrogens with one attached hydrogen (secondary N) is 1. The molecule has 5 rings (SSSR count). The fraction of sp³-hybridized carbons (Fsp3) is 0.533. The second-order valence-corrected chi connectivity index (χ2v) is 11.4. The summed E-state index contributed by atoms with van der Waals surface area (Å²) in [5.41, 5.74) is 0.448. The third-order valence-corrected chi connectivity index (χ3v) is 9.03. The Balaban J connectivity index is 1.38. The van der Waals surface area contributed by atoms with Crippen LogP contribution in [-0.4, -0.2) is 66.6 Å². The predicted octanol–water partition coefficient (Wildman–Crippen LogP) is 4.92. The molecule has 9 heteroatoms. The third-order valence-electron chi connectivity index (χ3n) is 8.78. The summed E-state index contributed by atoms with van der Waals surface area (Å²) in [6.07, 6.45) is 7.45. The van der Waals surface area contributed by atoms with E-state index >= 15 is 0 Å². The molecule has 1 aliphatic carbocycles. The molecule has 206 valence electrons. The first-order chi connectivity index (χ1) is 18.9. The number of nitrogens with zero attached hydrogens (tertiary/aromatic N) is 4. The number of anilines is 1. The van der Waals surface area contributed by atoms with Crippen LogP contribution in [0, 0.1) is 17.2 Å². The van der Waals surface area contributed by atoms with Crippen molar-refractivity contribution in [3.8, 4) is 6.07 Å². The first-order valence-corrected chi connectivity index (χ1v) is 14.4. The summed E-state index contributed by atoms with van der Waals surface area (Å²) in [4.78, 5) is 36.3. The van der Waals surface area contributed by atoms with Crippen LogP contribution in [0.1, 0.15) is 62.0 Å². The zero-order valence-corrected chi connectivity index (χ0v) is 23.2. The maximum atomic E-state index is 14.6. The van der Waals surface area contributed by atoms with E-state index in [9.17, 15) is 9.59 Å². The van der Waals surface area contributed by atoms with Gasteiger partial charge in [-0.05, 0) is 68.4 Å². The number of carbonyl (C=O) groups excluding carboxylic acids is 2. The molecule has 3 heterocycles. The van der Waals surface area contributed by atoms with Crippen LogP contribution in [0.3, 0.4) is 0 Å². The number of ether oxygens (including phenoxy) is 1. The first kappa shape index (κ1) is 27.4. The highest BCUT2D eigenvalue weighted by Crippen LogP contribution is 2.41. The van der Waals surface area contributed by atoms with Crippen molar-refractivity contribution >= 4 is 29.3 Å². The number of halogens is 1. The minimum absolute atomic E-state index is 0.0861. The van der Waals surface area contributed by atoms with Gasteiger partial charge in [0.2, 0.25) is 0 Å². The zero-order chi connectivity index (χ0) is 27.4. The highest BCUT2D eigenvalue weighted by molar-refractivity contribution is 6.30. The highest BCUT2D eigenvalue weighted by atomic mass is 35.5. The van der Waals surface area contributed by atoms with Gasteiger partial charge in [0.05, 0.1) is 5.56 Å². The molecule has 2 saturated heterocycles. The lowest BCUT2D eigenvalue weighted by Crippen LogP contribution is -2.62. The Morgan fingerprint density at radius 2 is 1.82 bits per heavy atom. The molecule has 0 bridgehead atoms. The summed E-state index contributed by atoms with van der Waals surface area (Å²) in [6, 6.07) is 13.3. The van der Waals surface area contributed by atoms with Crippen molar-refractivity contribution in [2.75, 3.05) is 38.1 Å². The van der Waals surface area contributed by atoms with E-state index in [1.165, 1.54) is 6.42 Å². The van der Waals surface area contributed by atoms with Crippen LogP contribution >= 0.6 is 11.6 Å². The van der Waals surface area contributed by atoms with Crippen molar-refractivity contribution in [3.05, 3.63) is 58.7 Å². The van der Waals surface area contributed by atoms with Crippen LogP contribution < -0.4 is 10.2 Å². The number of benzene rings is 1. The fourth-order valence-electron chi connectivity index (χ4n) is 6.50. The van der Waals surface area contributed by atoms with Gasteiger partial charge in [0.15, 0.2) is 5.78 Å². The van der Waals surface area contributed by atoms with Crippen molar-refractivity contribution in [3.63, 3.8) is 0 Å². The second kappa shape index (κ2) is 11.9. The molecule has 0 spiro atoms. The normalized spacial score (nSPS) is 24.2. The number of pyridine rings is 1. The number of amides is 1. The number of ketones is 1. The van der Waals surface area contributed by atoms with Crippen LogP contribution in [0.4, 0.5) is 10.6 Å². The van der Waals surface area contributed by atoms with E-state index in [4.69, 9.17) is 21.6 Å². The third kappa shape index (κ3) is 5.61. The molecule has 2 atom stereocenters. The van der Waals surface area contributed by atoms with E-state index in [2.05, 4.69) is 21.3 Å². The Kier molecular flexibility index (Phi) is 8.39. The van der Waals surface area contributed by atoms with Gasteiger partial charge in [0.1, 0.15) is 23.5 Å². The largest absolute Gasteiger partial charge is 0.446 e. The number of likely N-dealkylation sites (N-methyl/N-ethyl adjacent to an activating group) is 1. The van der Waals surface area contributed by atoms with Crippen LogP contribution in [-0.2, 0) is 9.53 Å². The van der Waals surface area contributed by atoms with Gasteiger partial charge in [-0.3, -0.25) is 9.69 Å². The van der Waals surface area contributed by atoms with Gasteiger partial charge in [-0.2, -0.15) is 5.26 Å². The highest BCUT2D eigenvalue weighted by Gasteiger charge is 2.56. The maximum Gasteiger partial charge on any atom is 0.410 e.